The summed E-state index contributed by atoms with van der Waals surface area (Å²) in [6, 6.07) is 13.8. The number of carboxylic acid groups (broad SMARTS) is 2. The number of carbonyl (C=O) groups excluding carboxylic acids is 2. The van der Waals surface area contributed by atoms with Crippen LogP contribution in [0.1, 0.15) is 88.2 Å². The summed E-state index contributed by atoms with van der Waals surface area (Å²) in [5.41, 5.74) is 3.22. The van der Waals surface area contributed by atoms with Crippen LogP contribution in [0.5, 0.6) is 11.5 Å². The Hall–Kier alpha value is -4.63. The molecule has 3 unspecified atom stereocenters. The van der Waals surface area contributed by atoms with Gasteiger partial charge >= 0.3 is 11.9 Å². The molecule has 2 aromatic rings. The Morgan fingerprint density at radius 3 is 2.04 bits per heavy atom. The predicted molar refractivity (Wildman–Crippen MR) is 161 cm³/mol. The molecule has 2 aromatic carbocycles. The molecule has 1 heterocycles. The summed E-state index contributed by atoms with van der Waals surface area (Å²) in [5, 5.41) is 24.8. The van der Waals surface area contributed by atoms with Gasteiger partial charge in [-0.2, -0.15) is 5.26 Å². The van der Waals surface area contributed by atoms with Gasteiger partial charge in [0.05, 0.1) is 37.1 Å². The number of rotatable bonds is 9. The molecule has 0 aromatic heterocycles. The second-order valence-corrected chi connectivity index (χ2v) is 10.6. The van der Waals surface area contributed by atoms with Gasteiger partial charge in [-0.15, -0.1) is 0 Å². The van der Waals surface area contributed by atoms with Crippen molar-refractivity contribution in [2.24, 2.45) is 0 Å². The maximum atomic E-state index is 11.8. The number of hydrogen-bond donors (Lipinski definition) is 2. The van der Waals surface area contributed by atoms with Crippen molar-refractivity contribution < 1.29 is 53.1 Å². The molecule has 12 heteroatoms. The van der Waals surface area contributed by atoms with E-state index >= 15 is 0 Å². The number of methoxy groups -OCH3 is 1. The van der Waals surface area contributed by atoms with Gasteiger partial charge in [0.15, 0.2) is 0 Å². The number of aliphatic carboxylic acids is 2. The molecule has 244 valence electrons. The maximum Gasteiger partial charge on any atom is 0.302 e. The number of esters is 2. The largest absolute Gasteiger partial charge is 0.497 e. The average molecular weight is 628 g/mol. The third kappa shape index (κ3) is 13.3. The zero-order valence-corrected chi connectivity index (χ0v) is 26.2. The Morgan fingerprint density at radius 1 is 0.933 bits per heavy atom. The van der Waals surface area contributed by atoms with Gasteiger partial charge in [-0.3, -0.25) is 19.2 Å². The van der Waals surface area contributed by atoms with Crippen molar-refractivity contribution in [3.05, 3.63) is 58.7 Å². The second-order valence-electron chi connectivity index (χ2n) is 10.6. The first-order chi connectivity index (χ1) is 21.3. The Bertz CT molecular complexity index is 1330. The maximum absolute atomic E-state index is 11.8. The minimum Gasteiger partial charge on any atom is -0.497 e. The molecule has 1 aliphatic carbocycles. The smallest absolute Gasteiger partial charge is 0.302 e. The van der Waals surface area contributed by atoms with Crippen LogP contribution in [-0.4, -0.2) is 66.1 Å². The summed E-state index contributed by atoms with van der Waals surface area (Å²) >= 11 is 0. The van der Waals surface area contributed by atoms with E-state index in [1.807, 2.05) is 30.3 Å². The molecule has 0 radical (unpaired) electrons. The zero-order chi connectivity index (χ0) is 33.5. The van der Waals surface area contributed by atoms with Crippen molar-refractivity contribution >= 4 is 23.9 Å². The van der Waals surface area contributed by atoms with E-state index in [4.69, 9.17) is 43.5 Å². The molecule has 4 rings (SSSR count). The van der Waals surface area contributed by atoms with E-state index in [0.717, 1.165) is 55.5 Å². The summed E-state index contributed by atoms with van der Waals surface area (Å²) in [6.45, 7) is 4.96. The highest BCUT2D eigenvalue weighted by molar-refractivity contribution is 5.66. The highest BCUT2D eigenvalue weighted by Gasteiger charge is 2.35. The molecule has 1 saturated carbocycles. The summed E-state index contributed by atoms with van der Waals surface area (Å²) < 4.78 is 28.7. The molecule has 2 aliphatic rings. The molecular formula is C33H41NO11. The lowest BCUT2D eigenvalue weighted by Crippen LogP contribution is -2.37. The predicted octanol–water partition coefficient (Wildman–Crippen LogP) is 4.99. The number of nitrogens with zero attached hydrogens (tertiary/aromatic N) is 1. The lowest BCUT2D eigenvalue weighted by Gasteiger charge is -2.36. The van der Waals surface area contributed by atoms with E-state index in [1.54, 1.807) is 13.2 Å². The fourth-order valence-corrected chi connectivity index (χ4v) is 4.70. The van der Waals surface area contributed by atoms with Gasteiger partial charge in [0.2, 0.25) is 0 Å². The minimum absolute atomic E-state index is 0.0669. The van der Waals surface area contributed by atoms with Crippen LogP contribution in [-0.2, 0) is 39.8 Å². The Balaban J connectivity index is 0.000000789. The molecular weight excluding hydrogens is 586 g/mol. The van der Waals surface area contributed by atoms with Gasteiger partial charge in [-0.25, -0.2) is 0 Å². The van der Waals surface area contributed by atoms with Crippen molar-refractivity contribution in [3.63, 3.8) is 0 Å². The molecule has 0 spiro atoms. The van der Waals surface area contributed by atoms with Gasteiger partial charge < -0.3 is 33.9 Å². The quantitative estimate of drug-likeness (QED) is 0.357. The van der Waals surface area contributed by atoms with Crippen molar-refractivity contribution in [3.8, 4) is 17.6 Å². The average Bonchev–Trinajstić information content (AvgIpc) is 2.93. The molecule has 2 fully saturated rings. The summed E-state index contributed by atoms with van der Waals surface area (Å²) in [5.74, 6) is -1.06. The Labute approximate surface area is 262 Å². The van der Waals surface area contributed by atoms with Crippen LogP contribution in [0.25, 0.3) is 0 Å². The van der Waals surface area contributed by atoms with Crippen LogP contribution in [0.4, 0.5) is 0 Å². The van der Waals surface area contributed by atoms with Gasteiger partial charge in [0.1, 0.15) is 24.2 Å². The summed E-state index contributed by atoms with van der Waals surface area (Å²) in [7, 11) is 1.62. The number of carbonyl (C=O) groups is 4. The molecule has 1 saturated heterocycles. The number of benzene rings is 2. The third-order valence-corrected chi connectivity index (χ3v) is 6.77. The molecule has 1 aliphatic heterocycles. The Morgan fingerprint density at radius 2 is 1.56 bits per heavy atom. The zero-order valence-electron chi connectivity index (χ0n) is 26.2. The molecule has 0 amide bonds. The van der Waals surface area contributed by atoms with E-state index in [1.165, 1.54) is 13.8 Å². The molecule has 2 N–H and O–H groups in total. The first-order valence-electron chi connectivity index (χ1n) is 14.5. The molecule has 0 bridgehead atoms. The topological polar surface area (TPSA) is 179 Å². The minimum atomic E-state index is -0.833. The molecule has 45 heavy (non-hydrogen) atoms. The van der Waals surface area contributed by atoms with Crippen molar-refractivity contribution in [2.45, 2.75) is 90.6 Å². The van der Waals surface area contributed by atoms with E-state index in [9.17, 15) is 14.9 Å². The number of hydrogen-bond acceptors (Lipinski definition) is 10. The second kappa shape index (κ2) is 18.2. The first kappa shape index (κ1) is 36.6. The number of nitriles is 1. The third-order valence-electron chi connectivity index (χ3n) is 6.77. The lowest BCUT2D eigenvalue weighted by atomic mass is 9.90. The standard InChI is InChI=1S/C29H33NO7.2C2H4O2/c1-18(31)34-17-26-14-25(35-19(2)32)15-29(37-26)27-12-21(11-20-7-9-23(33-3)10-8-20)22(16-30)13-28(27)36-24-5-4-6-24;2*1-2(3)4/h7-10,12-13,24-26,29H,4-6,11,14-15,17H2,1-3H3;2*1H3,(H,3,4). The van der Waals surface area contributed by atoms with Crippen LogP contribution in [0.2, 0.25) is 0 Å². The first-order valence-corrected chi connectivity index (χ1v) is 14.5. The van der Waals surface area contributed by atoms with Crippen LogP contribution < -0.4 is 9.47 Å². The number of ether oxygens (including phenoxy) is 5. The van der Waals surface area contributed by atoms with E-state index in [-0.39, 0.29) is 18.7 Å². The summed E-state index contributed by atoms with van der Waals surface area (Å²) in [6.07, 6.45) is 3.25. The van der Waals surface area contributed by atoms with Crippen molar-refractivity contribution in [1.82, 2.24) is 0 Å². The lowest BCUT2D eigenvalue weighted by molar-refractivity contribution is -0.169. The van der Waals surface area contributed by atoms with E-state index < -0.39 is 36.2 Å². The van der Waals surface area contributed by atoms with Crippen molar-refractivity contribution in [2.75, 3.05) is 13.7 Å². The fourth-order valence-electron chi connectivity index (χ4n) is 4.70. The van der Waals surface area contributed by atoms with Crippen molar-refractivity contribution in [1.29, 1.82) is 5.26 Å². The SMILES string of the molecule is CC(=O)O.CC(=O)O.COc1ccc(Cc2cc(C3CC(OC(C)=O)CC(COC(C)=O)O3)c(OC3CCC3)cc2C#N)cc1. The van der Waals surface area contributed by atoms with E-state index in [2.05, 4.69) is 6.07 Å². The van der Waals surface area contributed by atoms with Crippen LogP contribution in [0, 0.1) is 11.3 Å². The van der Waals surface area contributed by atoms with Gasteiger partial charge in [-0.05, 0) is 61.1 Å². The fraction of sp³-hybridized carbons (Fsp3) is 0.485. The van der Waals surface area contributed by atoms with Crippen LogP contribution >= 0.6 is 0 Å². The van der Waals surface area contributed by atoms with Gasteiger partial charge in [-0.1, -0.05) is 12.1 Å². The van der Waals surface area contributed by atoms with Gasteiger partial charge in [0.25, 0.3) is 11.9 Å². The monoisotopic (exact) mass is 627 g/mol. The summed E-state index contributed by atoms with van der Waals surface area (Å²) in [4.78, 5) is 41.2. The van der Waals surface area contributed by atoms with Gasteiger partial charge in [0, 0.05) is 46.1 Å². The molecule has 3 atom stereocenters. The highest BCUT2D eigenvalue weighted by atomic mass is 16.6. The van der Waals surface area contributed by atoms with E-state index in [0.29, 0.717) is 30.6 Å². The highest BCUT2D eigenvalue weighted by Crippen LogP contribution is 2.41. The normalized spacial score (nSPS) is 18.6. The van der Waals surface area contributed by atoms with Crippen LogP contribution in [0.3, 0.4) is 0 Å². The van der Waals surface area contributed by atoms with Crippen LogP contribution in [0.15, 0.2) is 36.4 Å². The number of carboxylic acids is 2. The molecule has 12 nitrogen and oxygen atoms in total. The Kier molecular flexibility index (Phi) is 14.8.